The molecule has 0 aliphatic heterocycles. The van der Waals surface area contributed by atoms with Crippen molar-refractivity contribution < 1.29 is 0 Å². The Balaban J connectivity index is 2.21. The highest BCUT2D eigenvalue weighted by molar-refractivity contribution is 9.10. The van der Waals surface area contributed by atoms with Crippen LogP contribution in [0, 0.1) is 0 Å². The van der Waals surface area contributed by atoms with E-state index in [1.165, 1.54) is 39.4 Å². The summed E-state index contributed by atoms with van der Waals surface area (Å²) in [5, 5.41) is 3.53. The Morgan fingerprint density at radius 1 is 1.35 bits per heavy atom. The van der Waals surface area contributed by atoms with E-state index in [2.05, 4.69) is 46.4 Å². The van der Waals surface area contributed by atoms with Gasteiger partial charge in [0.25, 0.3) is 0 Å². The topological polar surface area (TPSA) is 26.0 Å². The Morgan fingerprint density at radius 2 is 2.18 bits per heavy atom. The summed E-state index contributed by atoms with van der Waals surface area (Å²) < 4.78 is 2.49. The smallest absolute Gasteiger partial charge is 0.0488 e. The van der Waals surface area contributed by atoms with Gasteiger partial charge in [-0.2, -0.15) is 0 Å². The Bertz CT molecular complexity index is 492. The molecule has 2 aromatic rings. The summed E-state index contributed by atoms with van der Waals surface area (Å²) in [6, 6.07) is 6.53. The van der Waals surface area contributed by atoms with Crippen molar-refractivity contribution in [2.45, 2.75) is 38.6 Å². The number of halogens is 1. The SMILES string of the molecule is CCCCCC(N)c1csc2c(Br)cccc12. The molecule has 1 nitrogen and oxygen atoms in total. The molecule has 0 amide bonds. The number of unbranched alkanes of at least 4 members (excludes halogenated alkanes) is 2. The summed E-state index contributed by atoms with van der Waals surface area (Å²) in [5.41, 5.74) is 7.60. The van der Waals surface area contributed by atoms with E-state index in [-0.39, 0.29) is 6.04 Å². The molecule has 0 bridgehead atoms. The predicted octanol–water partition coefficient (Wildman–Crippen LogP) is 5.24. The minimum absolute atomic E-state index is 0.185. The van der Waals surface area contributed by atoms with Crippen LogP contribution in [0.15, 0.2) is 28.1 Å². The van der Waals surface area contributed by atoms with E-state index in [4.69, 9.17) is 5.73 Å². The molecule has 2 N–H and O–H groups in total. The summed E-state index contributed by atoms with van der Waals surface area (Å²) in [7, 11) is 0. The van der Waals surface area contributed by atoms with Crippen LogP contribution < -0.4 is 5.73 Å². The lowest BCUT2D eigenvalue weighted by Crippen LogP contribution is -2.09. The second-order valence-electron chi connectivity index (χ2n) is 4.41. The molecule has 1 aromatic heterocycles. The van der Waals surface area contributed by atoms with Crippen LogP contribution in [0.25, 0.3) is 10.1 Å². The molecule has 0 spiro atoms. The van der Waals surface area contributed by atoms with Crippen LogP contribution >= 0.6 is 27.3 Å². The van der Waals surface area contributed by atoms with Crippen LogP contribution in [-0.4, -0.2) is 0 Å². The van der Waals surface area contributed by atoms with E-state index in [0.29, 0.717) is 0 Å². The highest BCUT2D eigenvalue weighted by Gasteiger charge is 2.12. The molecule has 0 aliphatic rings. The number of thiophene rings is 1. The van der Waals surface area contributed by atoms with Gasteiger partial charge in [-0.05, 0) is 44.7 Å². The van der Waals surface area contributed by atoms with Gasteiger partial charge in [-0.15, -0.1) is 11.3 Å². The fourth-order valence-corrected chi connectivity index (χ4v) is 3.79. The zero-order chi connectivity index (χ0) is 12.3. The van der Waals surface area contributed by atoms with Crippen molar-refractivity contribution in [3.63, 3.8) is 0 Å². The third kappa shape index (κ3) is 2.90. The van der Waals surface area contributed by atoms with E-state index in [9.17, 15) is 0 Å². The molecule has 1 unspecified atom stereocenters. The predicted molar refractivity (Wildman–Crippen MR) is 80.6 cm³/mol. The number of fused-ring (bicyclic) bond motifs is 1. The van der Waals surface area contributed by atoms with E-state index >= 15 is 0 Å². The normalized spacial score (nSPS) is 13.1. The van der Waals surface area contributed by atoms with Gasteiger partial charge in [0.1, 0.15) is 0 Å². The zero-order valence-corrected chi connectivity index (χ0v) is 12.5. The summed E-state index contributed by atoms with van der Waals surface area (Å²) in [6.45, 7) is 2.22. The Morgan fingerprint density at radius 3 is 2.94 bits per heavy atom. The van der Waals surface area contributed by atoms with Gasteiger partial charge in [-0.25, -0.2) is 0 Å². The Hall–Kier alpha value is -0.380. The van der Waals surface area contributed by atoms with E-state index in [0.717, 1.165) is 6.42 Å². The van der Waals surface area contributed by atoms with Crippen molar-refractivity contribution in [3.05, 3.63) is 33.6 Å². The van der Waals surface area contributed by atoms with Crippen LogP contribution in [0.3, 0.4) is 0 Å². The second-order valence-corrected chi connectivity index (χ2v) is 6.14. The van der Waals surface area contributed by atoms with Crippen LogP contribution in [0.2, 0.25) is 0 Å². The van der Waals surface area contributed by atoms with Gasteiger partial charge in [0.05, 0.1) is 0 Å². The van der Waals surface area contributed by atoms with Crippen LogP contribution in [0.1, 0.15) is 44.2 Å². The number of hydrogen-bond acceptors (Lipinski definition) is 2. The van der Waals surface area contributed by atoms with Gasteiger partial charge in [-0.3, -0.25) is 0 Å². The molecule has 1 heterocycles. The van der Waals surface area contributed by atoms with Crippen molar-refractivity contribution in [3.8, 4) is 0 Å². The lowest BCUT2D eigenvalue weighted by Gasteiger charge is -2.10. The number of rotatable bonds is 5. The fraction of sp³-hybridized carbons (Fsp3) is 0.429. The lowest BCUT2D eigenvalue weighted by atomic mass is 10.0. The summed E-state index contributed by atoms with van der Waals surface area (Å²) >= 11 is 5.37. The molecule has 1 atom stereocenters. The van der Waals surface area contributed by atoms with E-state index in [1.807, 2.05) is 0 Å². The molecule has 0 saturated carbocycles. The van der Waals surface area contributed by atoms with Crippen molar-refractivity contribution >= 4 is 37.4 Å². The van der Waals surface area contributed by atoms with Crippen LogP contribution in [0.5, 0.6) is 0 Å². The molecule has 1 aromatic carbocycles. The molecule has 0 saturated heterocycles. The van der Waals surface area contributed by atoms with Gasteiger partial charge < -0.3 is 5.73 Å². The molecule has 2 rings (SSSR count). The highest BCUT2D eigenvalue weighted by atomic mass is 79.9. The monoisotopic (exact) mass is 311 g/mol. The molecule has 92 valence electrons. The molecule has 0 aliphatic carbocycles. The maximum atomic E-state index is 6.29. The maximum absolute atomic E-state index is 6.29. The Labute approximate surface area is 115 Å². The average Bonchev–Trinajstić information content (AvgIpc) is 2.74. The molecule has 0 fully saturated rings. The minimum Gasteiger partial charge on any atom is -0.324 e. The van der Waals surface area contributed by atoms with Crippen molar-refractivity contribution in [2.24, 2.45) is 5.73 Å². The van der Waals surface area contributed by atoms with Crippen LogP contribution in [0.4, 0.5) is 0 Å². The van der Waals surface area contributed by atoms with Crippen LogP contribution in [-0.2, 0) is 0 Å². The van der Waals surface area contributed by atoms with Crippen molar-refractivity contribution in [1.29, 1.82) is 0 Å². The van der Waals surface area contributed by atoms with E-state index < -0.39 is 0 Å². The van der Waals surface area contributed by atoms with Crippen molar-refractivity contribution in [2.75, 3.05) is 0 Å². The number of benzene rings is 1. The summed E-state index contributed by atoms with van der Waals surface area (Å²) in [4.78, 5) is 0. The van der Waals surface area contributed by atoms with Gasteiger partial charge in [0, 0.05) is 15.2 Å². The third-order valence-corrected chi connectivity index (χ3v) is 5.07. The Kier molecular flexibility index (Phi) is 4.60. The third-order valence-electron chi connectivity index (χ3n) is 3.10. The van der Waals surface area contributed by atoms with Crippen molar-refractivity contribution in [1.82, 2.24) is 0 Å². The molecule has 0 radical (unpaired) electrons. The lowest BCUT2D eigenvalue weighted by molar-refractivity contribution is 0.585. The summed E-state index contributed by atoms with van der Waals surface area (Å²) in [6.07, 6.45) is 4.84. The molecule has 17 heavy (non-hydrogen) atoms. The second kappa shape index (κ2) is 5.98. The standard InChI is InChI=1S/C14H18BrNS/c1-2-3-4-8-13(16)11-9-17-14-10(11)6-5-7-12(14)15/h5-7,9,13H,2-4,8,16H2,1H3. The van der Waals surface area contributed by atoms with E-state index in [1.54, 1.807) is 11.3 Å². The number of nitrogens with two attached hydrogens (primary N) is 1. The fourth-order valence-electron chi connectivity index (χ4n) is 2.10. The van der Waals surface area contributed by atoms with Gasteiger partial charge in [-0.1, -0.05) is 38.3 Å². The minimum atomic E-state index is 0.185. The quantitative estimate of drug-likeness (QED) is 0.750. The zero-order valence-electron chi connectivity index (χ0n) is 10.1. The average molecular weight is 312 g/mol. The van der Waals surface area contributed by atoms with Gasteiger partial charge >= 0.3 is 0 Å². The first-order valence-electron chi connectivity index (χ1n) is 6.15. The largest absolute Gasteiger partial charge is 0.324 e. The molecule has 3 heteroatoms. The summed E-state index contributed by atoms with van der Waals surface area (Å²) in [5.74, 6) is 0. The molecular formula is C14H18BrNS. The van der Waals surface area contributed by atoms with Gasteiger partial charge in [0.15, 0.2) is 0 Å². The van der Waals surface area contributed by atoms with Gasteiger partial charge in [0.2, 0.25) is 0 Å². The highest BCUT2D eigenvalue weighted by Crippen LogP contribution is 2.35. The molecular weight excluding hydrogens is 294 g/mol. The number of hydrogen-bond donors (Lipinski definition) is 1. The first-order valence-corrected chi connectivity index (χ1v) is 7.82. The maximum Gasteiger partial charge on any atom is 0.0488 e. The first kappa shape index (κ1) is 13.1. The first-order chi connectivity index (χ1) is 8.24.